The van der Waals surface area contributed by atoms with Crippen LogP contribution in [0, 0.1) is 0 Å². The van der Waals surface area contributed by atoms with Crippen LogP contribution in [0.15, 0.2) is 121 Å². The minimum Gasteiger partial charge on any atom is -0.485 e. The third kappa shape index (κ3) is 10.1. The number of carbonyl (C=O) groups excluding carboxylic acids is 2. The van der Waals surface area contributed by atoms with E-state index in [9.17, 15) is 9.59 Å². The number of rotatable bonds is 24. The van der Waals surface area contributed by atoms with Gasteiger partial charge in [0.15, 0.2) is 23.9 Å². The molecule has 388 valence electrons. The van der Waals surface area contributed by atoms with Gasteiger partial charge in [0, 0.05) is 100 Å². The fourth-order valence-electron chi connectivity index (χ4n) is 11.6. The molecule has 15 heteroatoms. The molecule has 12 rings (SSSR count). The highest BCUT2D eigenvalue weighted by atomic mass is 16.5. The molecule has 0 fully saturated rings. The number of aryl methyl sites for hydroxylation is 2. The molecule has 2 unspecified atom stereocenters. The van der Waals surface area contributed by atoms with Crippen molar-refractivity contribution in [2.45, 2.75) is 89.5 Å². The molecule has 0 saturated heterocycles. The van der Waals surface area contributed by atoms with Crippen LogP contribution in [-0.4, -0.2) is 89.8 Å². The van der Waals surface area contributed by atoms with Gasteiger partial charge in [0.2, 0.25) is 34.6 Å². The molecule has 8 heterocycles. The molecule has 0 bridgehead atoms. The number of anilines is 2. The first-order valence-corrected chi connectivity index (χ1v) is 27.2. The van der Waals surface area contributed by atoms with Crippen molar-refractivity contribution < 1.29 is 51.9 Å². The molecule has 6 aliphatic heterocycles. The maximum Gasteiger partial charge on any atom is 0.220 e. The number of pyridine rings is 2. The van der Waals surface area contributed by atoms with Crippen molar-refractivity contribution in [2.75, 3.05) is 75.6 Å². The second-order valence-electron chi connectivity index (χ2n) is 20.0. The number of benzene rings is 4. The summed E-state index contributed by atoms with van der Waals surface area (Å²) in [6, 6.07) is 33.5. The molecule has 6 aliphatic rings. The Morgan fingerprint density at radius 2 is 0.947 bits per heavy atom. The Morgan fingerprint density at radius 3 is 1.43 bits per heavy atom. The van der Waals surface area contributed by atoms with Crippen LogP contribution in [-0.2, 0) is 36.9 Å². The lowest BCUT2D eigenvalue weighted by Crippen LogP contribution is -2.39. The van der Waals surface area contributed by atoms with Gasteiger partial charge >= 0.3 is 0 Å². The first-order chi connectivity index (χ1) is 37.1. The molecule has 75 heavy (non-hydrogen) atoms. The first kappa shape index (κ1) is 48.7. The molecule has 2 N–H and O–H groups in total. The van der Waals surface area contributed by atoms with Crippen LogP contribution >= 0.6 is 0 Å². The van der Waals surface area contributed by atoms with Crippen molar-refractivity contribution >= 4 is 56.1 Å². The van der Waals surface area contributed by atoms with Gasteiger partial charge in [-0.25, -0.2) is 0 Å². The number of hydrogen-bond donors (Lipinski definition) is 2. The zero-order chi connectivity index (χ0) is 50.5. The fraction of sp³-hybridized carbons (Fsp3) is 0.400. The highest BCUT2D eigenvalue weighted by molar-refractivity contribution is 6.00. The summed E-state index contributed by atoms with van der Waals surface area (Å²) in [5, 5.41) is 8.20. The topological polar surface area (TPSA) is 137 Å². The molecule has 2 amide bonds. The van der Waals surface area contributed by atoms with Crippen LogP contribution in [0.25, 0.3) is 33.0 Å². The zero-order valence-corrected chi connectivity index (χ0v) is 42.6. The third-order valence-electron chi connectivity index (χ3n) is 15.2. The lowest BCUT2D eigenvalue weighted by atomic mass is 9.90. The van der Waals surface area contributed by atoms with Crippen molar-refractivity contribution in [1.82, 2.24) is 10.6 Å². The number of fused-ring (bicyclic) bond motifs is 10. The zero-order valence-electron chi connectivity index (χ0n) is 42.6. The number of amides is 2. The van der Waals surface area contributed by atoms with Crippen molar-refractivity contribution in [1.29, 1.82) is 0 Å². The summed E-state index contributed by atoms with van der Waals surface area (Å²) >= 11 is 0. The number of para-hydroxylation sites is 4. The van der Waals surface area contributed by atoms with Crippen molar-refractivity contribution in [3.63, 3.8) is 0 Å². The summed E-state index contributed by atoms with van der Waals surface area (Å²) in [4.78, 5) is 29.6. The average molecular weight is 1020 g/mol. The van der Waals surface area contributed by atoms with E-state index < -0.39 is 0 Å². The predicted molar refractivity (Wildman–Crippen MR) is 284 cm³/mol. The Kier molecular flexibility index (Phi) is 14.5. The lowest BCUT2D eigenvalue weighted by molar-refractivity contribution is -0.672. The van der Waals surface area contributed by atoms with Crippen LogP contribution in [0.3, 0.4) is 0 Å². The Hall–Kier alpha value is -7.20. The van der Waals surface area contributed by atoms with Gasteiger partial charge in [0.25, 0.3) is 0 Å². The molecule has 2 aromatic heterocycles. The minimum atomic E-state index is -0.0379. The molecule has 0 aliphatic carbocycles. The van der Waals surface area contributed by atoms with Gasteiger partial charge in [0.05, 0.1) is 72.9 Å². The molecule has 15 nitrogen and oxygen atoms in total. The van der Waals surface area contributed by atoms with E-state index in [0.29, 0.717) is 65.6 Å². The van der Waals surface area contributed by atoms with Gasteiger partial charge in [-0.1, -0.05) is 36.4 Å². The van der Waals surface area contributed by atoms with Crippen molar-refractivity contribution in [3.8, 4) is 23.0 Å². The van der Waals surface area contributed by atoms with E-state index >= 15 is 0 Å². The van der Waals surface area contributed by atoms with Crippen LogP contribution in [0.4, 0.5) is 11.4 Å². The van der Waals surface area contributed by atoms with Gasteiger partial charge in [-0.3, -0.25) is 9.59 Å². The van der Waals surface area contributed by atoms with Gasteiger partial charge in [-0.2, -0.15) is 9.13 Å². The van der Waals surface area contributed by atoms with Crippen LogP contribution in [0.5, 0.6) is 23.0 Å². The summed E-state index contributed by atoms with van der Waals surface area (Å²) in [7, 11) is 0. The smallest absolute Gasteiger partial charge is 0.220 e. The maximum atomic E-state index is 12.5. The van der Waals surface area contributed by atoms with E-state index in [4.69, 9.17) is 33.2 Å². The molecule has 4 aromatic carbocycles. The number of nitrogens with zero attached hydrogens (tertiary/aromatic N) is 4. The molecular weight excluding hydrogens is 949 g/mol. The number of aromatic nitrogens is 2. The standard InChI is InChI=1S/C60H64N6O9/c67-53(21-3-1-9-29-63-31-23-41-55-45(63)15-11-19-49(55)72-51-25-33-65-43-13-5-7-17-47(43)74-59(65)57(41)51)61-27-35-69-37-39-71-40-38-70-36-28-62-54(68)22-4-2-10-30-64-32-24-42-56-46(64)16-12-20-50(56)73-52-26-34-66-44-14-6-8-18-48(44)75-60(66)58(42)52/h5-8,11-20,23-24,31-32,51-52H,1-4,9-10,21-22,25-30,33-40H2/p+2. The average Bonchev–Trinajstić information content (AvgIpc) is 4.03. The Balaban J connectivity index is 0.476. The Bertz CT molecular complexity index is 2970. The molecular formula is C60H66N6O9+2. The van der Waals surface area contributed by atoms with Gasteiger partial charge < -0.3 is 53.6 Å². The van der Waals surface area contributed by atoms with E-state index in [1.807, 2.05) is 24.3 Å². The first-order valence-electron chi connectivity index (χ1n) is 27.2. The number of ether oxygens (including phenoxy) is 7. The Morgan fingerprint density at radius 1 is 0.507 bits per heavy atom. The SMILES string of the molecule is O=C(CCCCC[n+]1ccc2c3c(cccc31)OC1CCN3C(=C21)Oc1ccccc13)NCCOCCOCCOCCNC(=O)CCCCC[n+]1ccc2c3c(cccc31)OC1CCN3C(=C21)Oc1ccccc13. The van der Waals surface area contributed by atoms with Crippen LogP contribution < -0.4 is 48.5 Å². The highest BCUT2D eigenvalue weighted by Crippen LogP contribution is 2.51. The van der Waals surface area contributed by atoms with E-state index in [1.54, 1.807) is 0 Å². The van der Waals surface area contributed by atoms with Gasteiger partial charge in [-0.15, -0.1) is 0 Å². The van der Waals surface area contributed by atoms with E-state index in [0.717, 1.165) is 157 Å². The summed E-state index contributed by atoms with van der Waals surface area (Å²) in [5.41, 5.74) is 9.13. The second kappa shape index (κ2) is 22.3. The monoisotopic (exact) mass is 1010 g/mol. The highest BCUT2D eigenvalue weighted by Gasteiger charge is 2.43. The summed E-state index contributed by atoms with van der Waals surface area (Å²) in [6.45, 7) is 6.98. The normalized spacial score (nSPS) is 17.3. The van der Waals surface area contributed by atoms with E-state index in [2.05, 4.69) is 115 Å². The Labute approximate surface area is 437 Å². The number of hydrogen-bond acceptors (Lipinski definition) is 11. The van der Waals surface area contributed by atoms with Crippen molar-refractivity contribution in [2.24, 2.45) is 0 Å². The molecule has 0 radical (unpaired) electrons. The van der Waals surface area contributed by atoms with Gasteiger partial charge in [-0.05, 0) is 62.1 Å². The minimum absolute atomic E-state index is 0.0379. The quantitative estimate of drug-likeness (QED) is 0.0450. The summed E-state index contributed by atoms with van der Waals surface area (Å²) in [5.74, 6) is 5.51. The predicted octanol–water partition coefficient (Wildman–Crippen LogP) is 8.14. The third-order valence-corrected chi connectivity index (χ3v) is 15.2. The number of carbonyl (C=O) groups is 2. The second-order valence-corrected chi connectivity index (χ2v) is 20.0. The molecule has 0 saturated carbocycles. The number of unbranched alkanes of at least 4 members (excludes halogenated alkanes) is 4. The lowest BCUT2D eigenvalue weighted by Gasteiger charge is -2.35. The summed E-state index contributed by atoms with van der Waals surface area (Å²) < 4.78 is 47.6. The van der Waals surface area contributed by atoms with E-state index in [-0.39, 0.29) is 24.0 Å². The molecule has 2 atom stereocenters. The van der Waals surface area contributed by atoms with Crippen molar-refractivity contribution in [3.05, 3.63) is 132 Å². The van der Waals surface area contributed by atoms with Crippen LogP contribution in [0.1, 0.15) is 75.3 Å². The number of nitrogens with one attached hydrogen (secondary N) is 2. The molecule has 0 spiro atoms. The van der Waals surface area contributed by atoms with Gasteiger partial charge in [0.1, 0.15) is 36.8 Å². The largest absolute Gasteiger partial charge is 0.485 e. The maximum absolute atomic E-state index is 12.5. The van der Waals surface area contributed by atoms with E-state index in [1.165, 1.54) is 11.1 Å². The van der Waals surface area contributed by atoms with Crippen LogP contribution in [0.2, 0.25) is 0 Å². The summed E-state index contributed by atoms with van der Waals surface area (Å²) in [6.07, 6.45) is 12.5. The fourth-order valence-corrected chi connectivity index (χ4v) is 11.6. The molecule has 6 aromatic rings.